The average molecular weight is 319 g/mol. The summed E-state index contributed by atoms with van der Waals surface area (Å²) in [6, 6.07) is 5.14. The molecule has 2 rings (SSSR count). The fraction of sp³-hybridized carbons (Fsp3) is 0.312. The van der Waals surface area contributed by atoms with Crippen LogP contribution in [0.5, 0.6) is 0 Å². The number of hydrogen-bond donors (Lipinski definition) is 2. The molecule has 2 aromatic rings. The van der Waals surface area contributed by atoms with Crippen molar-refractivity contribution in [2.75, 3.05) is 0 Å². The van der Waals surface area contributed by atoms with Crippen LogP contribution >= 0.6 is 0 Å². The number of benzene rings is 1. The standard InChI is InChI=1S/C16H18FN3O3/c1-8(2)12(14(18)21)19-15(22)13-9(3)23-16(20-13)10-6-4-5-7-11(10)17/h4-8,12H,1-3H3,(H2,18,21)(H,19,22). The van der Waals surface area contributed by atoms with E-state index in [1.54, 1.807) is 32.9 Å². The Balaban J connectivity index is 2.29. The first-order valence-corrected chi connectivity index (χ1v) is 7.13. The summed E-state index contributed by atoms with van der Waals surface area (Å²) in [5.74, 6) is -1.67. The molecule has 1 heterocycles. The minimum absolute atomic E-state index is 0.00449. The Hall–Kier alpha value is -2.70. The summed E-state index contributed by atoms with van der Waals surface area (Å²) < 4.78 is 19.2. The summed E-state index contributed by atoms with van der Waals surface area (Å²) >= 11 is 0. The molecular formula is C16H18FN3O3. The van der Waals surface area contributed by atoms with Gasteiger partial charge in [0.05, 0.1) is 5.56 Å². The highest BCUT2D eigenvalue weighted by molar-refractivity contribution is 5.97. The Morgan fingerprint density at radius 3 is 2.52 bits per heavy atom. The van der Waals surface area contributed by atoms with Crippen LogP contribution < -0.4 is 11.1 Å². The molecule has 7 heteroatoms. The lowest BCUT2D eigenvalue weighted by atomic mass is 10.0. The van der Waals surface area contributed by atoms with Gasteiger partial charge in [0, 0.05) is 0 Å². The van der Waals surface area contributed by atoms with E-state index in [2.05, 4.69) is 10.3 Å². The van der Waals surface area contributed by atoms with Crippen LogP contribution in [0.3, 0.4) is 0 Å². The van der Waals surface area contributed by atoms with E-state index in [1.807, 2.05) is 0 Å². The van der Waals surface area contributed by atoms with Crippen LogP contribution in [-0.4, -0.2) is 22.8 Å². The van der Waals surface area contributed by atoms with Crippen LogP contribution in [0.4, 0.5) is 4.39 Å². The van der Waals surface area contributed by atoms with Crippen molar-refractivity contribution in [3.05, 3.63) is 41.5 Å². The number of aromatic nitrogens is 1. The van der Waals surface area contributed by atoms with Gasteiger partial charge in [-0.1, -0.05) is 26.0 Å². The van der Waals surface area contributed by atoms with Crippen molar-refractivity contribution in [2.24, 2.45) is 11.7 Å². The van der Waals surface area contributed by atoms with E-state index in [-0.39, 0.29) is 28.8 Å². The zero-order valence-electron chi connectivity index (χ0n) is 13.1. The lowest BCUT2D eigenvalue weighted by Crippen LogP contribution is -2.47. The van der Waals surface area contributed by atoms with Gasteiger partial charge in [-0.15, -0.1) is 0 Å². The third kappa shape index (κ3) is 3.56. The molecule has 0 aliphatic heterocycles. The molecule has 1 aromatic carbocycles. The van der Waals surface area contributed by atoms with Crippen LogP contribution in [0.2, 0.25) is 0 Å². The molecule has 1 unspecified atom stereocenters. The molecule has 0 radical (unpaired) electrons. The molecule has 0 fully saturated rings. The van der Waals surface area contributed by atoms with Crippen LogP contribution in [0.25, 0.3) is 11.5 Å². The maximum absolute atomic E-state index is 13.8. The maximum Gasteiger partial charge on any atom is 0.274 e. The molecule has 0 aliphatic carbocycles. The number of rotatable bonds is 5. The number of primary amides is 1. The predicted molar refractivity (Wildman–Crippen MR) is 81.9 cm³/mol. The Morgan fingerprint density at radius 2 is 1.96 bits per heavy atom. The summed E-state index contributed by atoms with van der Waals surface area (Å²) in [6.07, 6.45) is 0. The number of nitrogens with zero attached hydrogens (tertiary/aromatic N) is 1. The molecule has 122 valence electrons. The second kappa shape index (κ2) is 6.60. The smallest absolute Gasteiger partial charge is 0.274 e. The van der Waals surface area contributed by atoms with Gasteiger partial charge in [-0.3, -0.25) is 9.59 Å². The van der Waals surface area contributed by atoms with Crippen molar-refractivity contribution in [1.82, 2.24) is 10.3 Å². The third-order valence-corrected chi connectivity index (χ3v) is 3.38. The summed E-state index contributed by atoms with van der Waals surface area (Å²) in [4.78, 5) is 27.7. The van der Waals surface area contributed by atoms with Gasteiger partial charge in [-0.2, -0.15) is 0 Å². The number of nitrogens with one attached hydrogen (secondary N) is 1. The molecule has 1 aromatic heterocycles. The number of aryl methyl sites for hydroxylation is 1. The van der Waals surface area contributed by atoms with Gasteiger partial charge < -0.3 is 15.5 Å². The lowest BCUT2D eigenvalue weighted by Gasteiger charge is -2.18. The first-order valence-electron chi connectivity index (χ1n) is 7.13. The van der Waals surface area contributed by atoms with E-state index in [4.69, 9.17) is 10.2 Å². The molecule has 23 heavy (non-hydrogen) atoms. The maximum atomic E-state index is 13.8. The zero-order chi connectivity index (χ0) is 17.1. The highest BCUT2D eigenvalue weighted by Crippen LogP contribution is 2.24. The second-order valence-electron chi connectivity index (χ2n) is 5.50. The van der Waals surface area contributed by atoms with Crippen LogP contribution in [-0.2, 0) is 4.79 Å². The highest BCUT2D eigenvalue weighted by Gasteiger charge is 2.26. The van der Waals surface area contributed by atoms with Gasteiger partial charge in [0.15, 0.2) is 5.69 Å². The normalized spacial score (nSPS) is 12.2. The number of hydrogen-bond acceptors (Lipinski definition) is 4. The second-order valence-corrected chi connectivity index (χ2v) is 5.50. The van der Waals surface area contributed by atoms with E-state index in [1.165, 1.54) is 12.1 Å². The van der Waals surface area contributed by atoms with Gasteiger partial charge in [-0.25, -0.2) is 9.37 Å². The number of carbonyl (C=O) groups is 2. The first-order chi connectivity index (χ1) is 10.8. The van der Waals surface area contributed by atoms with Crippen molar-refractivity contribution < 1.29 is 18.4 Å². The average Bonchev–Trinajstić information content (AvgIpc) is 2.86. The number of carbonyl (C=O) groups excluding carboxylic acids is 2. The SMILES string of the molecule is Cc1oc(-c2ccccc2F)nc1C(=O)NC(C(N)=O)C(C)C. The van der Waals surface area contributed by atoms with Gasteiger partial charge in [0.1, 0.15) is 17.6 Å². The summed E-state index contributed by atoms with van der Waals surface area (Å²) in [5, 5.41) is 2.52. The number of amides is 2. The van der Waals surface area contributed by atoms with Gasteiger partial charge >= 0.3 is 0 Å². The van der Waals surface area contributed by atoms with E-state index in [0.29, 0.717) is 0 Å². The minimum Gasteiger partial charge on any atom is -0.440 e. The van der Waals surface area contributed by atoms with Crippen molar-refractivity contribution in [3.8, 4) is 11.5 Å². The van der Waals surface area contributed by atoms with Crippen molar-refractivity contribution in [3.63, 3.8) is 0 Å². The van der Waals surface area contributed by atoms with Gasteiger partial charge in [-0.05, 0) is 25.0 Å². The molecule has 0 saturated carbocycles. The lowest BCUT2D eigenvalue weighted by molar-refractivity contribution is -0.120. The highest BCUT2D eigenvalue weighted by atomic mass is 19.1. The summed E-state index contributed by atoms with van der Waals surface area (Å²) in [5.41, 5.74) is 5.42. The molecule has 6 nitrogen and oxygen atoms in total. The fourth-order valence-electron chi connectivity index (χ4n) is 2.13. The molecule has 2 amide bonds. The molecule has 0 aliphatic rings. The minimum atomic E-state index is -0.824. The van der Waals surface area contributed by atoms with Crippen molar-refractivity contribution >= 4 is 11.8 Å². The Kier molecular flexibility index (Phi) is 4.78. The van der Waals surface area contributed by atoms with E-state index in [0.717, 1.165) is 0 Å². The molecule has 0 spiro atoms. The third-order valence-electron chi connectivity index (χ3n) is 3.38. The van der Waals surface area contributed by atoms with Gasteiger partial charge in [0.25, 0.3) is 5.91 Å². The van der Waals surface area contributed by atoms with E-state index >= 15 is 0 Å². The fourth-order valence-corrected chi connectivity index (χ4v) is 2.13. The van der Waals surface area contributed by atoms with Gasteiger partial charge in [0.2, 0.25) is 11.8 Å². The Morgan fingerprint density at radius 1 is 1.30 bits per heavy atom. The molecule has 3 N–H and O–H groups in total. The Bertz CT molecular complexity index is 740. The van der Waals surface area contributed by atoms with Crippen molar-refractivity contribution in [2.45, 2.75) is 26.8 Å². The zero-order valence-corrected chi connectivity index (χ0v) is 13.1. The van der Waals surface area contributed by atoms with Crippen molar-refractivity contribution in [1.29, 1.82) is 0 Å². The first kappa shape index (κ1) is 16.7. The quantitative estimate of drug-likeness (QED) is 0.881. The van der Waals surface area contributed by atoms with Crippen LogP contribution in [0, 0.1) is 18.7 Å². The predicted octanol–water partition coefficient (Wildman–Crippen LogP) is 2.03. The number of nitrogens with two attached hydrogens (primary N) is 1. The molecule has 0 bridgehead atoms. The monoisotopic (exact) mass is 319 g/mol. The molecule has 0 saturated heterocycles. The summed E-state index contributed by atoms with van der Waals surface area (Å²) in [7, 11) is 0. The van der Waals surface area contributed by atoms with E-state index in [9.17, 15) is 14.0 Å². The number of oxazole rings is 1. The number of halogens is 1. The molecule has 1 atom stereocenters. The Labute approximate surface area is 132 Å². The topological polar surface area (TPSA) is 98.2 Å². The van der Waals surface area contributed by atoms with Crippen LogP contribution in [0.15, 0.2) is 28.7 Å². The molecular weight excluding hydrogens is 301 g/mol. The summed E-state index contributed by atoms with van der Waals surface area (Å²) in [6.45, 7) is 5.06. The largest absolute Gasteiger partial charge is 0.440 e. The van der Waals surface area contributed by atoms with Crippen LogP contribution in [0.1, 0.15) is 30.1 Å². The van der Waals surface area contributed by atoms with E-state index < -0.39 is 23.7 Å².